The molecule has 1 fully saturated rings. The van der Waals surface area contributed by atoms with Crippen molar-refractivity contribution in [1.82, 2.24) is 4.90 Å². The Morgan fingerprint density at radius 3 is 2.82 bits per heavy atom. The monoisotopic (exact) mass is 233 g/mol. The van der Waals surface area contributed by atoms with Crippen molar-refractivity contribution in [3.05, 3.63) is 23.8 Å². The summed E-state index contributed by atoms with van der Waals surface area (Å²) in [5.41, 5.74) is 9.41. The average molecular weight is 233 g/mol. The second-order valence-corrected chi connectivity index (χ2v) is 5.15. The molecule has 0 saturated carbocycles. The minimum Gasteiger partial charge on any atom is -0.398 e. The summed E-state index contributed by atoms with van der Waals surface area (Å²) in [6.07, 6.45) is 1.22. The molecule has 1 aliphatic heterocycles. The van der Waals surface area contributed by atoms with Crippen molar-refractivity contribution >= 4 is 11.4 Å². The van der Waals surface area contributed by atoms with Crippen LogP contribution in [0.5, 0.6) is 0 Å². The van der Waals surface area contributed by atoms with Gasteiger partial charge in [-0.1, -0.05) is 6.07 Å². The molecule has 1 aromatic rings. The topological polar surface area (TPSA) is 32.5 Å². The van der Waals surface area contributed by atoms with Crippen molar-refractivity contribution < 1.29 is 0 Å². The van der Waals surface area contributed by atoms with E-state index in [-0.39, 0.29) is 0 Å². The first-order chi connectivity index (χ1) is 8.09. The van der Waals surface area contributed by atoms with Gasteiger partial charge in [-0.2, -0.15) is 0 Å². The molecule has 2 N–H and O–H groups in total. The molecule has 17 heavy (non-hydrogen) atoms. The highest BCUT2D eigenvalue weighted by Crippen LogP contribution is 2.27. The van der Waals surface area contributed by atoms with E-state index in [9.17, 15) is 0 Å². The van der Waals surface area contributed by atoms with E-state index in [1.165, 1.54) is 24.2 Å². The van der Waals surface area contributed by atoms with Gasteiger partial charge in [0, 0.05) is 30.5 Å². The Morgan fingerprint density at radius 1 is 1.29 bits per heavy atom. The van der Waals surface area contributed by atoms with Crippen LogP contribution in [0.15, 0.2) is 18.2 Å². The highest BCUT2D eigenvalue weighted by atomic mass is 15.2. The first-order valence-corrected chi connectivity index (χ1v) is 6.40. The third-order valence-corrected chi connectivity index (χ3v) is 3.70. The molecule has 1 aromatic carbocycles. The summed E-state index contributed by atoms with van der Waals surface area (Å²) in [4.78, 5) is 4.90. The maximum Gasteiger partial charge on any atom is 0.0419 e. The molecular weight excluding hydrogens is 210 g/mol. The van der Waals surface area contributed by atoms with E-state index < -0.39 is 0 Å². The molecule has 3 heteroatoms. The lowest BCUT2D eigenvalue weighted by atomic mass is 10.1. The van der Waals surface area contributed by atoms with Crippen LogP contribution in [0.1, 0.15) is 18.9 Å². The van der Waals surface area contributed by atoms with E-state index >= 15 is 0 Å². The second-order valence-electron chi connectivity index (χ2n) is 5.15. The summed E-state index contributed by atoms with van der Waals surface area (Å²) in [6, 6.07) is 6.77. The molecule has 1 aliphatic rings. The summed E-state index contributed by atoms with van der Waals surface area (Å²) in [7, 11) is 2.20. The fourth-order valence-electron chi connectivity index (χ4n) is 2.68. The molecule has 1 heterocycles. The lowest BCUT2D eigenvalue weighted by Crippen LogP contribution is -2.38. The van der Waals surface area contributed by atoms with Gasteiger partial charge in [0.1, 0.15) is 0 Å². The predicted octanol–water partition coefficient (Wildman–Crippen LogP) is 2.11. The Hall–Kier alpha value is -1.22. The van der Waals surface area contributed by atoms with E-state index in [1.807, 2.05) is 6.07 Å². The van der Waals surface area contributed by atoms with Gasteiger partial charge >= 0.3 is 0 Å². The van der Waals surface area contributed by atoms with Crippen LogP contribution in [0.2, 0.25) is 0 Å². The molecule has 1 saturated heterocycles. The molecule has 0 spiro atoms. The Morgan fingerprint density at radius 2 is 2.06 bits per heavy atom. The van der Waals surface area contributed by atoms with Gasteiger partial charge in [-0.05, 0) is 51.6 Å². The largest absolute Gasteiger partial charge is 0.398 e. The lowest BCUT2D eigenvalue weighted by molar-refractivity contribution is 0.337. The van der Waals surface area contributed by atoms with Crippen molar-refractivity contribution in [3.8, 4) is 0 Å². The fraction of sp³-hybridized carbons (Fsp3) is 0.571. The first kappa shape index (κ1) is 12.2. The smallest absolute Gasteiger partial charge is 0.0419 e. The van der Waals surface area contributed by atoms with Crippen LogP contribution in [-0.2, 0) is 0 Å². The number of rotatable bonds is 1. The molecule has 0 aliphatic carbocycles. The highest BCUT2D eigenvalue weighted by molar-refractivity contribution is 5.64. The number of anilines is 2. The van der Waals surface area contributed by atoms with Gasteiger partial charge in [0.25, 0.3) is 0 Å². The third-order valence-electron chi connectivity index (χ3n) is 3.70. The predicted molar refractivity (Wildman–Crippen MR) is 74.5 cm³/mol. The van der Waals surface area contributed by atoms with E-state index in [2.05, 4.69) is 42.8 Å². The number of hydrogen-bond acceptors (Lipinski definition) is 3. The molecular formula is C14H23N3. The van der Waals surface area contributed by atoms with Crippen molar-refractivity contribution in [1.29, 1.82) is 0 Å². The molecule has 3 nitrogen and oxygen atoms in total. The van der Waals surface area contributed by atoms with Crippen LogP contribution >= 0.6 is 0 Å². The van der Waals surface area contributed by atoms with Crippen LogP contribution in [0, 0.1) is 6.92 Å². The number of hydrogen-bond donors (Lipinski definition) is 1. The SMILES string of the molecule is Cc1c(N)cccc1N1CCCN(C)CC1C. The number of likely N-dealkylation sites (N-methyl/N-ethyl adjacent to an activating group) is 1. The van der Waals surface area contributed by atoms with Gasteiger partial charge in [-0.15, -0.1) is 0 Å². The van der Waals surface area contributed by atoms with Crippen LogP contribution in [0.4, 0.5) is 11.4 Å². The highest BCUT2D eigenvalue weighted by Gasteiger charge is 2.21. The van der Waals surface area contributed by atoms with Gasteiger partial charge < -0.3 is 15.5 Å². The van der Waals surface area contributed by atoms with Gasteiger partial charge in [-0.3, -0.25) is 0 Å². The molecule has 0 radical (unpaired) electrons. The van der Waals surface area contributed by atoms with E-state index in [0.717, 1.165) is 18.8 Å². The number of nitrogen functional groups attached to an aromatic ring is 1. The summed E-state index contributed by atoms with van der Waals surface area (Å²) in [5.74, 6) is 0. The minimum atomic E-state index is 0.544. The Balaban J connectivity index is 2.28. The van der Waals surface area contributed by atoms with Crippen LogP contribution < -0.4 is 10.6 Å². The molecule has 2 rings (SSSR count). The van der Waals surface area contributed by atoms with Gasteiger partial charge in [0.05, 0.1) is 0 Å². The summed E-state index contributed by atoms with van der Waals surface area (Å²) >= 11 is 0. The molecule has 94 valence electrons. The zero-order chi connectivity index (χ0) is 12.4. The van der Waals surface area contributed by atoms with E-state index in [1.54, 1.807) is 0 Å². The standard InChI is InChI=1S/C14H23N3/c1-11-10-16(3)8-5-9-17(11)14-7-4-6-13(15)12(14)2/h4,6-7,11H,5,8-10,15H2,1-3H3. The number of nitrogens with two attached hydrogens (primary N) is 1. The number of benzene rings is 1. The van der Waals surface area contributed by atoms with E-state index in [0.29, 0.717) is 6.04 Å². The Bertz CT molecular complexity index is 389. The molecule has 0 bridgehead atoms. The Labute approximate surface area is 104 Å². The molecule has 0 amide bonds. The third kappa shape index (κ3) is 2.55. The second kappa shape index (κ2) is 4.96. The van der Waals surface area contributed by atoms with Crippen molar-refractivity contribution in [2.24, 2.45) is 0 Å². The minimum absolute atomic E-state index is 0.544. The maximum atomic E-state index is 6.00. The van der Waals surface area contributed by atoms with Crippen LogP contribution in [-0.4, -0.2) is 37.6 Å². The molecule has 0 aromatic heterocycles. The summed E-state index contributed by atoms with van der Waals surface area (Å²) in [5, 5.41) is 0. The quantitative estimate of drug-likeness (QED) is 0.754. The average Bonchev–Trinajstić information content (AvgIpc) is 2.44. The first-order valence-electron chi connectivity index (χ1n) is 6.40. The number of nitrogens with zero attached hydrogens (tertiary/aromatic N) is 2. The van der Waals surface area contributed by atoms with Crippen LogP contribution in [0.25, 0.3) is 0 Å². The van der Waals surface area contributed by atoms with Crippen molar-refractivity contribution in [2.75, 3.05) is 37.3 Å². The maximum absolute atomic E-state index is 6.00. The van der Waals surface area contributed by atoms with Gasteiger partial charge in [0.2, 0.25) is 0 Å². The summed E-state index contributed by atoms with van der Waals surface area (Å²) < 4.78 is 0. The lowest BCUT2D eigenvalue weighted by Gasteiger charge is -2.31. The molecule has 1 unspecified atom stereocenters. The van der Waals surface area contributed by atoms with E-state index in [4.69, 9.17) is 5.73 Å². The van der Waals surface area contributed by atoms with Crippen molar-refractivity contribution in [2.45, 2.75) is 26.3 Å². The normalized spacial score (nSPS) is 22.5. The summed E-state index contributed by atoms with van der Waals surface area (Å²) in [6.45, 7) is 7.84. The Kier molecular flexibility index (Phi) is 3.57. The zero-order valence-corrected chi connectivity index (χ0v) is 11.1. The molecule has 1 atom stereocenters. The van der Waals surface area contributed by atoms with Gasteiger partial charge in [0.15, 0.2) is 0 Å². The van der Waals surface area contributed by atoms with Crippen LogP contribution in [0.3, 0.4) is 0 Å². The van der Waals surface area contributed by atoms with Gasteiger partial charge in [-0.25, -0.2) is 0 Å². The zero-order valence-electron chi connectivity index (χ0n) is 11.1. The fourth-order valence-corrected chi connectivity index (χ4v) is 2.68. The van der Waals surface area contributed by atoms with Crippen molar-refractivity contribution in [3.63, 3.8) is 0 Å².